The largest absolute Gasteiger partial charge is 0.293 e. The molecular formula is C6H12BrN5. The van der Waals surface area contributed by atoms with Crippen LogP contribution in [-0.2, 0) is 6.54 Å². The van der Waals surface area contributed by atoms with Gasteiger partial charge in [0, 0.05) is 6.54 Å². The summed E-state index contributed by atoms with van der Waals surface area (Å²) >= 11 is 3.18. The summed E-state index contributed by atoms with van der Waals surface area (Å²) < 4.78 is 2.28. The third-order valence-electron chi connectivity index (χ3n) is 1.31. The van der Waals surface area contributed by atoms with Gasteiger partial charge in [-0.2, -0.15) is 4.98 Å². The minimum atomic E-state index is 0.519. The Bertz CT molecular complexity index is 256. The molecule has 1 aromatic rings. The van der Waals surface area contributed by atoms with Gasteiger partial charge in [-0.25, -0.2) is 10.5 Å². The molecule has 5 nitrogen and oxygen atoms in total. The van der Waals surface area contributed by atoms with E-state index < -0.39 is 0 Å². The Morgan fingerprint density at radius 3 is 2.83 bits per heavy atom. The quantitative estimate of drug-likeness (QED) is 0.604. The van der Waals surface area contributed by atoms with Crippen LogP contribution in [-0.4, -0.2) is 14.8 Å². The number of rotatable bonds is 3. The van der Waals surface area contributed by atoms with Gasteiger partial charge < -0.3 is 0 Å². The predicted octanol–water partition coefficient (Wildman–Crippen LogP) is 0.982. The second kappa shape index (κ2) is 3.86. The minimum Gasteiger partial charge on any atom is -0.293 e. The smallest absolute Gasteiger partial charge is 0.236 e. The van der Waals surface area contributed by atoms with Crippen LogP contribution in [0.25, 0.3) is 0 Å². The number of hydrazine groups is 1. The van der Waals surface area contributed by atoms with Gasteiger partial charge in [0.2, 0.25) is 10.7 Å². The zero-order valence-electron chi connectivity index (χ0n) is 7.08. The Morgan fingerprint density at radius 1 is 1.67 bits per heavy atom. The average Bonchev–Trinajstić information content (AvgIpc) is 2.29. The number of halogens is 1. The zero-order valence-corrected chi connectivity index (χ0v) is 8.67. The van der Waals surface area contributed by atoms with Crippen molar-refractivity contribution in [3.63, 3.8) is 0 Å². The second-order valence-electron chi connectivity index (χ2n) is 2.92. The van der Waals surface area contributed by atoms with E-state index in [2.05, 4.69) is 45.3 Å². The summed E-state index contributed by atoms with van der Waals surface area (Å²) in [5.41, 5.74) is 2.48. The SMILES string of the molecule is CC(C)Cn1nc(Br)nc1NN. The standard InChI is InChI=1S/C6H12BrN5/c1-4(2)3-12-6(10-8)9-5(7)11-12/h4H,3,8H2,1-2H3,(H,9,10,11). The Morgan fingerprint density at radius 2 is 2.33 bits per heavy atom. The molecule has 0 unspecified atom stereocenters. The molecule has 1 aromatic heterocycles. The van der Waals surface area contributed by atoms with Crippen molar-refractivity contribution >= 4 is 21.9 Å². The first kappa shape index (κ1) is 9.47. The summed E-state index contributed by atoms with van der Waals surface area (Å²) in [4.78, 5) is 4.01. The number of hydrogen-bond donors (Lipinski definition) is 2. The Balaban J connectivity index is 2.81. The molecule has 0 aliphatic heterocycles. The first-order chi connectivity index (χ1) is 5.63. The van der Waals surface area contributed by atoms with E-state index in [-0.39, 0.29) is 0 Å². The first-order valence-corrected chi connectivity index (χ1v) is 4.49. The Hall–Kier alpha value is -0.620. The highest BCUT2D eigenvalue weighted by atomic mass is 79.9. The topological polar surface area (TPSA) is 68.8 Å². The van der Waals surface area contributed by atoms with Crippen molar-refractivity contribution < 1.29 is 0 Å². The van der Waals surface area contributed by atoms with E-state index in [0.29, 0.717) is 16.6 Å². The summed E-state index contributed by atoms with van der Waals surface area (Å²) in [6.07, 6.45) is 0. The van der Waals surface area contributed by atoms with Crippen molar-refractivity contribution in [3.05, 3.63) is 4.73 Å². The van der Waals surface area contributed by atoms with E-state index >= 15 is 0 Å². The highest BCUT2D eigenvalue weighted by molar-refractivity contribution is 9.10. The summed E-state index contributed by atoms with van der Waals surface area (Å²) in [7, 11) is 0. The molecule has 68 valence electrons. The fourth-order valence-electron chi connectivity index (χ4n) is 0.894. The molecule has 1 rings (SSSR count). The van der Waals surface area contributed by atoms with Gasteiger partial charge in [0.15, 0.2) is 0 Å². The lowest BCUT2D eigenvalue weighted by atomic mass is 10.2. The third kappa shape index (κ3) is 2.18. The summed E-state index contributed by atoms with van der Waals surface area (Å²) in [5, 5.41) is 4.10. The van der Waals surface area contributed by atoms with Crippen LogP contribution in [0.3, 0.4) is 0 Å². The predicted molar refractivity (Wildman–Crippen MR) is 50.4 cm³/mol. The molecule has 0 bridgehead atoms. The molecule has 0 saturated heterocycles. The fourth-order valence-corrected chi connectivity index (χ4v) is 1.25. The van der Waals surface area contributed by atoms with E-state index in [1.54, 1.807) is 4.68 Å². The van der Waals surface area contributed by atoms with Gasteiger partial charge in [-0.05, 0) is 21.8 Å². The van der Waals surface area contributed by atoms with Crippen molar-refractivity contribution in [1.29, 1.82) is 0 Å². The van der Waals surface area contributed by atoms with Gasteiger partial charge in [0.05, 0.1) is 0 Å². The van der Waals surface area contributed by atoms with Crippen LogP contribution >= 0.6 is 15.9 Å². The van der Waals surface area contributed by atoms with E-state index in [9.17, 15) is 0 Å². The fraction of sp³-hybridized carbons (Fsp3) is 0.667. The Kier molecular flexibility index (Phi) is 3.05. The van der Waals surface area contributed by atoms with Crippen LogP contribution in [0.2, 0.25) is 0 Å². The van der Waals surface area contributed by atoms with Crippen molar-refractivity contribution in [3.8, 4) is 0 Å². The maximum atomic E-state index is 5.25. The number of nitrogen functional groups attached to an aromatic ring is 1. The molecule has 12 heavy (non-hydrogen) atoms. The minimum absolute atomic E-state index is 0.519. The molecule has 0 fully saturated rings. The van der Waals surface area contributed by atoms with Crippen molar-refractivity contribution in [1.82, 2.24) is 14.8 Å². The van der Waals surface area contributed by atoms with Gasteiger partial charge in [-0.15, -0.1) is 5.10 Å². The van der Waals surface area contributed by atoms with Crippen molar-refractivity contribution in [2.45, 2.75) is 20.4 Å². The summed E-state index contributed by atoms with van der Waals surface area (Å²) in [6, 6.07) is 0. The van der Waals surface area contributed by atoms with Crippen LogP contribution < -0.4 is 11.3 Å². The van der Waals surface area contributed by atoms with Gasteiger partial charge in [0.25, 0.3) is 0 Å². The first-order valence-electron chi connectivity index (χ1n) is 3.70. The molecule has 0 aliphatic rings. The molecular weight excluding hydrogens is 222 g/mol. The molecule has 1 heterocycles. The van der Waals surface area contributed by atoms with Crippen LogP contribution in [0, 0.1) is 5.92 Å². The Labute approximate surface area is 79.4 Å². The third-order valence-corrected chi connectivity index (χ3v) is 1.65. The van der Waals surface area contributed by atoms with E-state index in [1.165, 1.54) is 0 Å². The molecule has 6 heteroatoms. The number of nitrogens with zero attached hydrogens (tertiary/aromatic N) is 3. The molecule has 0 radical (unpaired) electrons. The summed E-state index contributed by atoms with van der Waals surface area (Å²) in [6.45, 7) is 5.02. The molecule has 0 amide bonds. The summed E-state index contributed by atoms with van der Waals surface area (Å²) in [5.74, 6) is 6.34. The van der Waals surface area contributed by atoms with Gasteiger partial charge in [0.1, 0.15) is 0 Å². The van der Waals surface area contributed by atoms with Gasteiger partial charge in [-0.1, -0.05) is 13.8 Å². The lowest BCUT2D eigenvalue weighted by molar-refractivity contribution is 0.485. The number of anilines is 1. The number of nitrogens with one attached hydrogen (secondary N) is 1. The monoisotopic (exact) mass is 233 g/mol. The van der Waals surface area contributed by atoms with Crippen LogP contribution in [0.15, 0.2) is 4.73 Å². The zero-order chi connectivity index (χ0) is 9.14. The van der Waals surface area contributed by atoms with E-state index in [0.717, 1.165) is 6.54 Å². The number of hydrogen-bond acceptors (Lipinski definition) is 4. The molecule has 0 aliphatic carbocycles. The molecule has 0 saturated carbocycles. The van der Waals surface area contributed by atoms with E-state index in [1.807, 2.05) is 0 Å². The van der Waals surface area contributed by atoms with Crippen LogP contribution in [0.5, 0.6) is 0 Å². The number of aromatic nitrogens is 3. The van der Waals surface area contributed by atoms with Crippen molar-refractivity contribution in [2.75, 3.05) is 5.43 Å². The van der Waals surface area contributed by atoms with Crippen LogP contribution in [0.1, 0.15) is 13.8 Å². The number of nitrogens with two attached hydrogens (primary N) is 1. The maximum absolute atomic E-state index is 5.25. The molecule has 3 N–H and O–H groups in total. The highest BCUT2D eigenvalue weighted by Gasteiger charge is 2.07. The van der Waals surface area contributed by atoms with Gasteiger partial charge in [-0.3, -0.25) is 5.43 Å². The van der Waals surface area contributed by atoms with Gasteiger partial charge >= 0.3 is 0 Å². The van der Waals surface area contributed by atoms with Crippen molar-refractivity contribution in [2.24, 2.45) is 11.8 Å². The molecule has 0 spiro atoms. The van der Waals surface area contributed by atoms with Crippen LogP contribution in [0.4, 0.5) is 5.95 Å². The second-order valence-corrected chi connectivity index (χ2v) is 3.63. The highest BCUT2D eigenvalue weighted by Crippen LogP contribution is 2.10. The normalized spacial score (nSPS) is 10.8. The van der Waals surface area contributed by atoms with E-state index in [4.69, 9.17) is 5.84 Å². The average molecular weight is 234 g/mol. The molecule has 0 atom stereocenters. The lowest BCUT2D eigenvalue weighted by Gasteiger charge is -2.06. The lowest BCUT2D eigenvalue weighted by Crippen LogP contribution is -2.16. The maximum Gasteiger partial charge on any atom is 0.236 e. The molecule has 0 aromatic carbocycles.